The maximum Gasteiger partial charge on any atom is -0.00460 e. The van der Waals surface area contributed by atoms with Crippen molar-refractivity contribution in [1.82, 2.24) is 5.32 Å². The lowest BCUT2D eigenvalue weighted by atomic mass is 10.2. The minimum absolute atomic E-state index is 1.20. The van der Waals surface area contributed by atoms with Crippen molar-refractivity contribution in [2.75, 3.05) is 13.1 Å². The highest BCUT2D eigenvalue weighted by molar-refractivity contribution is 4.82. The summed E-state index contributed by atoms with van der Waals surface area (Å²) < 4.78 is 0. The largest absolute Gasteiger partial charge is 0.317 e. The van der Waals surface area contributed by atoms with E-state index >= 15 is 0 Å². The van der Waals surface area contributed by atoms with Gasteiger partial charge in [0.05, 0.1) is 0 Å². The summed E-state index contributed by atoms with van der Waals surface area (Å²) in [7, 11) is 0. The van der Waals surface area contributed by atoms with Gasteiger partial charge in [-0.1, -0.05) is 12.2 Å². The molecule has 1 rings (SSSR count). The van der Waals surface area contributed by atoms with E-state index < -0.39 is 0 Å². The Bertz CT molecular complexity index is 76.6. The fraction of sp³-hybridized carbons (Fsp3) is 0.750. The van der Waals surface area contributed by atoms with Crippen LogP contribution < -0.4 is 5.32 Å². The topological polar surface area (TPSA) is 12.0 Å². The van der Waals surface area contributed by atoms with E-state index in [1.165, 1.54) is 38.8 Å². The van der Waals surface area contributed by atoms with Crippen LogP contribution in [0.15, 0.2) is 12.2 Å². The number of rotatable bonds is 0. The SMILES string of the molecule is C1=CCCCNCCC1. The number of nitrogens with one attached hydrogen (secondary N) is 1. The molecule has 0 atom stereocenters. The lowest BCUT2D eigenvalue weighted by Crippen LogP contribution is -2.15. The third kappa shape index (κ3) is 3.31. The summed E-state index contributed by atoms with van der Waals surface area (Å²) in [6.07, 6.45) is 9.72. The second-order valence-corrected chi connectivity index (χ2v) is 2.51. The first-order valence-corrected chi connectivity index (χ1v) is 3.86. The maximum atomic E-state index is 3.39. The fourth-order valence-corrected chi connectivity index (χ4v) is 1.05. The van der Waals surface area contributed by atoms with Crippen LogP contribution in [-0.2, 0) is 0 Å². The molecule has 0 saturated heterocycles. The lowest BCUT2D eigenvalue weighted by Gasteiger charge is -1.98. The van der Waals surface area contributed by atoms with E-state index in [1.807, 2.05) is 0 Å². The van der Waals surface area contributed by atoms with E-state index in [-0.39, 0.29) is 0 Å². The van der Waals surface area contributed by atoms with Gasteiger partial charge in [0, 0.05) is 0 Å². The van der Waals surface area contributed by atoms with Crippen molar-refractivity contribution in [2.24, 2.45) is 0 Å². The van der Waals surface area contributed by atoms with Gasteiger partial charge in [-0.25, -0.2) is 0 Å². The van der Waals surface area contributed by atoms with Crippen LogP contribution >= 0.6 is 0 Å². The quantitative estimate of drug-likeness (QED) is 0.486. The Hall–Kier alpha value is -0.300. The van der Waals surface area contributed by atoms with Crippen LogP contribution in [0.4, 0.5) is 0 Å². The molecule has 0 bridgehead atoms. The Morgan fingerprint density at radius 3 is 2.00 bits per heavy atom. The predicted molar refractivity (Wildman–Crippen MR) is 40.5 cm³/mol. The van der Waals surface area contributed by atoms with Crippen molar-refractivity contribution in [2.45, 2.75) is 25.7 Å². The third-order valence-corrected chi connectivity index (χ3v) is 1.62. The molecule has 0 aliphatic carbocycles. The smallest absolute Gasteiger partial charge is 0.00460 e. The van der Waals surface area contributed by atoms with Crippen molar-refractivity contribution in [1.29, 1.82) is 0 Å². The molecule has 1 heteroatoms. The van der Waals surface area contributed by atoms with Gasteiger partial charge in [-0.05, 0) is 38.8 Å². The van der Waals surface area contributed by atoms with Crippen LogP contribution in [0.25, 0.3) is 0 Å². The van der Waals surface area contributed by atoms with Crippen molar-refractivity contribution >= 4 is 0 Å². The van der Waals surface area contributed by atoms with Gasteiger partial charge in [0.2, 0.25) is 0 Å². The van der Waals surface area contributed by atoms with Gasteiger partial charge in [-0.2, -0.15) is 0 Å². The van der Waals surface area contributed by atoms with E-state index in [1.54, 1.807) is 0 Å². The molecule has 1 heterocycles. The predicted octanol–water partition coefficient (Wildman–Crippen LogP) is 1.71. The van der Waals surface area contributed by atoms with Crippen LogP contribution in [0.5, 0.6) is 0 Å². The highest BCUT2D eigenvalue weighted by Gasteiger charge is 1.89. The van der Waals surface area contributed by atoms with Gasteiger partial charge in [0.15, 0.2) is 0 Å². The molecular formula is C8H15N. The molecule has 52 valence electrons. The Morgan fingerprint density at radius 1 is 0.889 bits per heavy atom. The minimum atomic E-state index is 1.20. The molecule has 0 radical (unpaired) electrons. The Balaban J connectivity index is 2.15. The molecule has 0 saturated carbocycles. The van der Waals surface area contributed by atoms with E-state index in [9.17, 15) is 0 Å². The first-order valence-electron chi connectivity index (χ1n) is 3.86. The van der Waals surface area contributed by atoms with Crippen molar-refractivity contribution < 1.29 is 0 Å². The summed E-state index contributed by atoms with van der Waals surface area (Å²) in [5.74, 6) is 0. The van der Waals surface area contributed by atoms with Crippen LogP contribution in [-0.4, -0.2) is 13.1 Å². The molecule has 9 heavy (non-hydrogen) atoms. The van der Waals surface area contributed by atoms with Gasteiger partial charge >= 0.3 is 0 Å². The maximum absolute atomic E-state index is 3.39. The van der Waals surface area contributed by atoms with Gasteiger partial charge < -0.3 is 5.32 Å². The van der Waals surface area contributed by atoms with Gasteiger partial charge in [-0.15, -0.1) is 0 Å². The highest BCUT2D eigenvalue weighted by atomic mass is 14.8. The monoisotopic (exact) mass is 125 g/mol. The highest BCUT2D eigenvalue weighted by Crippen LogP contribution is 1.96. The number of allylic oxidation sites excluding steroid dienone is 2. The normalized spacial score (nSPS) is 22.2. The summed E-state index contributed by atoms with van der Waals surface area (Å²) in [4.78, 5) is 0. The van der Waals surface area contributed by atoms with Crippen LogP contribution in [0.2, 0.25) is 0 Å². The zero-order valence-corrected chi connectivity index (χ0v) is 5.90. The molecule has 1 N–H and O–H groups in total. The van der Waals surface area contributed by atoms with E-state index in [2.05, 4.69) is 17.5 Å². The molecule has 0 aromatic heterocycles. The summed E-state index contributed by atoms with van der Waals surface area (Å²) in [6, 6.07) is 0. The minimum Gasteiger partial charge on any atom is -0.317 e. The molecule has 1 nitrogen and oxygen atoms in total. The Morgan fingerprint density at radius 2 is 1.44 bits per heavy atom. The van der Waals surface area contributed by atoms with Gasteiger partial charge in [-0.3, -0.25) is 0 Å². The molecule has 0 aromatic rings. The molecule has 0 fully saturated rings. The summed E-state index contributed by atoms with van der Waals surface area (Å²) >= 11 is 0. The second kappa shape index (κ2) is 4.57. The fourth-order valence-electron chi connectivity index (χ4n) is 1.05. The molecule has 1 aliphatic rings. The first-order chi connectivity index (χ1) is 4.50. The Labute approximate surface area is 57.1 Å². The average molecular weight is 125 g/mol. The third-order valence-electron chi connectivity index (χ3n) is 1.62. The number of hydrogen-bond acceptors (Lipinski definition) is 1. The first kappa shape index (κ1) is 6.81. The standard InChI is InChI=1S/C8H15N/c1-2-4-6-8-9-7-5-3-1/h1-2,9H,3-8H2. The summed E-state index contributed by atoms with van der Waals surface area (Å²) in [5, 5.41) is 3.39. The van der Waals surface area contributed by atoms with E-state index in [0.29, 0.717) is 0 Å². The lowest BCUT2D eigenvalue weighted by molar-refractivity contribution is 0.640. The Kier molecular flexibility index (Phi) is 3.46. The van der Waals surface area contributed by atoms with Crippen molar-refractivity contribution in [3.8, 4) is 0 Å². The van der Waals surface area contributed by atoms with E-state index in [0.717, 1.165) is 0 Å². The molecular weight excluding hydrogens is 110 g/mol. The zero-order chi connectivity index (χ0) is 6.36. The molecule has 1 aliphatic heterocycles. The van der Waals surface area contributed by atoms with Crippen LogP contribution in [0, 0.1) is 0 Å². The van der Waals surface area contributed by atoms with Gasteiger partial charge in [0.25, 0.3) is 0 Å². The van der Waals surface area contributed by atoms with Crippen molar-refractivity contribution in [3.05, 3.63) is 12.2 Å². The van der Waals surface area contributed by atoms with E-state index in [4.69, 9.17) is 0 Å². The summed E-state index contributed by atoms with van der Waals surface area (Å²) in [6.45, 7) is 2.40. The second-order valence-electron chi connectivity index (χ2n) is 2.51. The van der Waals surface area contributed by atoms with Crippen LogP contribution in [0.1, 0.15) is 25.7 Å². The summed E-state index contributed by atoms with van der Waals surface area (Å²) in [5.41, 5.74) is 0. The van der Waals surface area contributed by atoms with Gasteiger partial charge in [0.1, 0.15) is 0 Å². The van der Waals surface area contributed by atoms with Crippen molar-refractivity contribution in [3.63, 3.8) is 0 Å². The molecule has 0 spiro atoms. The van der Waals surface area contributed by atoms with Crippen LogP contribution in [0.3, 0.4) is 0 Å². The molecule has 0 aromatic carbocycles. The zero-order valence-electron chi connectivity index (χ0n) is 5.90. The average Bonchev–Trinajstić information content (AvgIpc) is 2.00. The molecule has 0 unspecified atom stereocenters. The number of hydrogen-bond donors (Lipinski definition) is 1. The molecule has 0 amide bonds.